The number of amides is 1. The van der Waals surface area contributed by atoms with Crippen LogP contribution < -0.4 is 5.32 Å². The maximum absolute atomic E-state index is 12.0. The average molecular weight is 332 g/mol. The Kier molecular flexibility index (Phi) is 5.76. The topological polar surface area (TPSA) is 32.3 Å². The van der Waals surface area contributed by atoms with Gasteiger partial charge >= 0.3 is 0 Å². The molecular formula is C12H17IN2O. The van der Waals surface area contributed by atoms with Gasteiger partial charge in [0.2, 0.25) is 0 Å². The molecule has 1 rings (SSSR count). The highest BCUT2D eigenvalue weighted by molar-refractivity contribution is 14.1. The third-order valence-electron chi connectivity index (χ3n) is 2.34. The SMILES string of the molecule is CNCCCN(C)C(=O)c1cccc(I)c1. The van der Waals surface area contributed by atoms with Crippen molar-refractivity contribution < 1.29 is 4.79 Å². The lowest BCUT2D eigenvalue weighted by molar-refractivity contribution is 0.0793. The second-order valence-corrected chi connectivity index (χ2v) is 4.94. The molecule has 0 saturated carbocycles. The lowest BCUT2D eigenvalue weighted by atomic mass is 10.2. The first-order chi connectivity index (χ1) is 7.65. The number of carbonyl (C=O) groups is 1. The van der Waals surface area contributed by atoms with Crippen molar-refractivity contribution >= 4 is 28.5 Å². The molecule has 0 aromatic heterocycles. The summed E-state index contributed by atoms with van der Waals surface area (Å²) in [6, 6.07) is 7.67. The van der Waals surface area contributed by atoms with Gasteiger partial charge in [-0.2, -0.15) is 0 Å². The predicted molar refractivity (Wildman–Crippen MR) is 74.7 cm³/mol. The van der Waals surface area contributed by atoms with Crippen LogP contribution in [0.5, 0.6) is 0 Å². The summed E-state index contributed by atoms with van der Waals surface area (Å²) in [5.74, 6) is 0.0922. The third-order valence-corrected chi connectivity index (χ3v) is 3.01. The molecule has 0 bridgehead atoms. The Morgan fingerprint density at radius 3 is 2.88 bits per heavy atom. The monoisotopic (exact) mass is 332 g/mol. The lowest BCUT2D eigenvalue weighted by Crippen LogP contribution is -2.29. The molecule has 0 unspecified atom stereocenters. The van der Waals surface area contributed by atoms with Gasteiger partial charge in [-0.25, -0.2) is 0 Å². The lowest BCUT2D eigenvalue weighted by Gasteiger charge is -2.17. The molecule has 0 atom stereocenters. The second-order valence-electron chi connectivity index (χ2n) is 3.69. The minimum Gasteiger partial charge on any atom is -0.342 e. The number of hydrogen-bond donors (Lipinski definition) is 1. The molecule has 1 aromatic rings. The summed E-state index contributed by atoms with van der Waals surface area (Å²) in [5, 5.41) is 3.07. The molecule has 0 heterocycles. The Labute approximate surface area is 110 Å². The Morgan fingerprint density at radius 2 is 2.25 bits per heavy atom. The number of hydrogen-bond acceptors (Lipinski definition) is 2. The molecule has 4 heteroatoms. The van der Waals surface area contributed by atoms with E-state index in [2.05, 4.69) is 27.9 Å². The first kappa shape index (κ1) is 13.4. The molecule has 0 aliphatic rings. The summed E-state index contributed by atoms with van der Waals surface area (Å²) >= 11 is 2.22. The van der Waals surface area contributed by atoms with Crippen molar-refractivity contribution in [2.75, 3.05) is 27.2 Å². The van der Waals surface area contributed by atoms with Crippen LogP contribution in [0.4, 0.5) is 0 Å². The van der Waals surface area contributed by atoms with Crippen LogP contribution in [0.1, 0.15) is 16.8 Å². The van der Waals surface area contributed by atoms with Gasteiger partial charge in [-0.05, 0) is 60.8 Å². The normalized spacial score (nSPS) is 10.2. The van der Waals surface area contributed by atoms with Gasteiger partial charge < -0.3 is 10.2 Å². The molecule has 3 nitrogen and oxygen atoms in total. The molecule has 0 aliphatic carbocycles. The van der Waals surface area contributed by atoms with E-state index in [9.17, 15) is 4.79 Å². The number of benzene rings is 1. The standard InChI is InChI=1S/C12H17IN2O/c1-14-7-4-8-15(2)12(16)10-5-3-6-11(13)9-10/h3,5-6,9,14H,4,7-8H2,1-2H3. The highest BCUT2D eigenvalue weighted by Gasteiger charge is 2.10. The Hall–Kier alpha value is -0.620. The number of nitrogens with zero attached hydrogens (tertiary/aromatic N) is 1. The molecular weight excluding hydrogens is 315 g/mol. The molecule has 0 saturated heterocycles. The fourth-order valence-corrected chi connectivity index (χ4v) is 1.98. The quantitative estimate of drug-likeness (QED) is 0.661. The fraction of sp³-hybridized carbons (Fsp3) is 0.417. The molecule has 1 amide bonds. The van der Waals surface area contributed by atoms with Gasteiger partial charge in [-0.1, -0.05) is 6.07 Å². The molecule has 0 radical (unpaired) electrons. The van der Waals surface area contributed by atoms with Gasteiger partial charge in [0.05, 0.1) is 0 Å². The molecule has 1 aromatic carbocycles. The maximum atomic E-state index is 12.0. The van der Waals surface area contributed by atoms with Crippen molar-refractivity contribution in [2.24, 2.45) is 0 Å². The number of carbonyl (C=O) groups excluding carboxylic acids is 1. The molecule has 0 fully saturated rings. The van der Waals surface area contributed by atoms with E-state index in [0.717, 1.165) is 28.6 Å². The summed E-state index contributed by atoms with van der Waals surface area (Å²) in [6.45, 7) is 1.72. The smallest absolute Gasteiger partial charge is 0.253 e. The zero-order valence-electron chi connectivity index (χ0n) is 9.66. The van der Waals surface area contributed by atoms with Gasteiger partial charge in [0, 0.05) is 22.7 Å². The largest absolute Gasteiger partial charge is 0.342 e. The van der Waals surface area contributed by atoms with Crippen molar-refractivity contribution in [3.63, 3.8) is 0 Å². The van der Waals surface area contributed by atoms with Crippen LogP contribution in [-0.4, -0.2) is 38.0 Å². The van der Waals surface area contributed by atoms with Crippen LogP contribution in [0.15, 0.2) is 24.3 Å². The van der Waals surface area contributed by atoms with Crippen molar-refractivity contribution in [3.8, 4) is 0 Å². The molecule has 16 heavy (non-hydrogen) atoms. The van der Waals surface area contributed by atoms with Crippen LogP contribution >= 0.6 is 22.6 Å². The Bertz CT molecular complexity index is 355. The van der Waals surface area contributed by atoms with E-state index in [-0.39, 0.29) is 5.91 Å². The first-order valence-corrected chi connectivity index (χ1v) is 6.38. The summed E-state index contributed by atoms with van der Waals surface area (Å²) < 4.78 is 1.09. The van der Waals surface area contributed by atoms with E-state index in [1.54, 1.807) is 4.90 Å². The first-order valence-electron chi connectivity index (χ1n) is 5.31. The van der Waals surface area contributed by atoms with Crippen LogP contribution in [0, 0.1) is 3.57 Å². The third kappa shape index (κ3) is 4.09. The van der Waals surface area contributed by atoms with E-state index in [0.29, 0.717) is 0 Å². The molecule has 88 valence electrons. The van der Waals surface area contributed by atoms with Crippen molar-refractivity contribution in [3.05, 3.63) is 33.4 Å². The second kappa shape index (κ2) is 6.85. The number of rotatable bonds is 5. The van der Waals surface area contributed by atoms with E-state index in [1.165, 1.54) is 0 Å². The van der Waals surface area contributed by atoms with Gasteiger partial charge in [0.15, 0.2) is 0 Å². The Balaban J connectivity index is 2.56. The molecule has 0 aliphatic heterocycles. The van der Waals surface area contributed by atoms with E-state index < -0.39 is 0 Å². The average Bonchev–Trinajstić information content (AvgIpc) is 2.28. The van der Waals surface area contributed by atoms with Crippen LogP contribution in [-0.2, 0) is 0 Å². The maximum Gasteiger partial charge on any atom is 0.253 e. The zero-order valence-corrected chi connectivity index (χ0v) is 11.8. The number of halogens is 1. The Morgan fingerprint density at radius 1 is 1.50 bits per heavy atom. The fourth-order valence-electron chi connectivity index (χ4n) is 1.44. The van der Waals surface area contributed by atoms with Gasteiger partial charge in [0.1, 0.15) is 0 Å². The minimum atomic E-state index is 0.0922. The van der Waals surface area contributed by atoms with Crippen LogP contribution in [0.25, 0.3) is 0 Å². The molecule has 0 spiro atoms. The van der Waals surface area contributed by atoms with Crippen molar-refractivity contribution in [1.29, 1.82) is 0 Å². The summed E-state index contributed by atoms with van der Waals surface area (Å²) in [4.78, 5) is 13.8. The summed E-state index contributed by atoms with van der Waals surface area (Å²) in [5.41, 5.74) is 0.763. The van der Waals surface area contributed by atoms with Gasteiger partial charge in [-0.3, -0.25) is 4.79 Å². The van der Waals surface area contributed by atoms with Crippen molar-refractivity contribution in [1.82, 2.24) is 10.2 Å². The van der Waals surface area contributed by atoms with Crippen LogP contribution in [0.3, 0.4) is 0 Å². The summed E-state index contributed by atoms with van der Waals surface area (Å²) in [7, 11) is 3.76. The van der Waals surface area contributed by atoms with Gasteiger partial charge in [-0.15, -0.1) is 0 Å². The van der Waals surface area contributed by atoms with Crippen molar-refractivity contribution in [2.45, 2.75) is 6.42 Å². The molecule has 1 N–H and O–H groups in total. The summed E-state index contributed by atoms with van der Waals surface area (Å²) in [6.07, 6.45) is 0.975. The predicted octanol–water partition coefficient (Wildman–Crippen LogP) is 1.97. The highest BCUT2D eigenvalue weighted by Crippen LogP contribution is 2.09. The van der Waals surface area contributed by atoms with E-state index in [1.807, 2.05) is 38.4 Å². The number of nitrogens with one attached hydrogen (secondary N) is 1. The van der Waals surface area contributed by atoms with Crippen LogP contribution in [0.2, 0.25) is 0 Å². The van der Waals surface area contributed by atoms with E-state index >= 15 is 0 Å². The zero-order chi connectivity index (χ0) is 12.0. The van der Waals surface area contributed by atoms with Gasteiger partial charge in [0.25, 0.3) is 5.91 Å². The highest BCUT2D eigenvalue weighted by atomic mass is 127. The minimum absolute atomic E-state index is 0.0922. The van der Waals surface area contributed by atoms with E-state index in [4.69, 9.17) is 0 Å².